The highest BCUT2D eigenvalue weighted by molar-refractivity contribution is 5.49. The normalized spacial score (nSPS) is 11.3. The van der Waals surface area contributed by atoms with Crippen molar-refractivity contribution in [1.29, 1.82) is 0 Å². The topological polar surface area (TPSA) is 32.3 Å². The van der Waals surface area contributed by atoms with E-state index in [1.54, 1.807) is 0 Å². The van der Waals surface area contributed by atoms with Gasteiger partial charge in [-0.2, -0.15) is 0 Å². The monoisotopic (exact) mass is 379 g/mol. The Hall–Kier alpha value is -3.20. The Morgan fingerprint density at radius 2 is 1.03 bits per heavy atom. The molecule has 144 valence electrons. The van der Waals surface area contributed by atoms with E-state index in [4.69, 9.17) is 0 Å². The fraction of sp³-hybridized carbons (Fsp3) is 0.111. The van der Waals surface area contributed by atoms with Crippen LogP contribution in [0.4, 0.5) is 0 Å². The molecule has 0 aliphatic rings. The predicted octanol–water partition coefficient (Wildman–Crippen LogP) is 5.26. The lowest BCUT2D eigenvalue weighted by Gasteiger charge is -2.32. The molecule has 0 saturated carbocycles. The van der Waals surface area contributed by atoms with Gasteiger partial charge in [0.05, 0.1) is 0 Å². The number of benzene rings is 4. The van der Waals surface area contributed by atoms with Crippen LogP contribution in [0.2, 0.25) is 0 Å². The highest BCUT2D eigenvalue weighted by Gasteiger charge is 2.35. The first-order valence-corrected chi connectivity index (χ1v) is 9.95. The summed E-state index contributed by atoms with van der Waals surface area (Å²) in [6.45, 7) is 1.46. The van der Waals surface area contributed by atoms with Crippen LogP contribution in [0.5, 0.6) is 0 Å². The van der Waals surface area contributed by atoms with Crippen molar-refractivity contribution in [3.05, 3.63) is 143 Å². The minimum atomic E-state index is -1.21. The van der Waals surface area contributed by atoms with E-state index in [1.807, 2.05) is 84.9 Å². The smallest absolute Gasteiger partial charge is 0.140 e. The van der Waals surface area contributed by atoms with E-state index in [0.29, 0.717) is 6.54 Å². The summed E-state index contributed by atoms with van der Waals surface area (Å²) >= 11 is 0. The second kappa shape index (κ2) is 8.87. The molecule has 0 bridgehead atoms. The number of aliphatic hydroxyl groups is 1. The average Bonchev–Trinajstić information content (AvgIpc) is 2.81. The fourth-order valence-corrected chi connectivity index (χ4v) is 3.80. The molecule has 0 fully saturated rings. The molecule has 2 nitrogen and oxygen atoms in total. The third-order valence-corrected chi connectivity index (χ3v) is 5.28. The molecule has 0 spiro atoms. The number of nitrogens with one attached hydrogen (secondary N) is 1. The van der Waals surface area contributed by atoms with Crippen LogP contribution in [-0.2, 0) is 18.7 Å². The highest BCUT2D eigenvalue weighted by atomic mass is 16.3. The predicted molar refractivity (Wildman–Crippen MR) is 118 cm³/mol. The molecular formula is C27H25NO. The molecule has 0 aromatic heterocycles. The largest absolute Gasteiger partial charge is 0.376 e. The molecule has 0 aliphatic carbocycles. The zero-order valence-corrected chi connectivity index (χ0v) is 16.3. The number of hydrogen-bond donors (Lipinski definition) is 2. The van der Waals surface area contributed by atoms with Crippen LogP contribution in [0, 0.1) is 0 Å². The van der Waals surface area contributed by atoms with Gasteiger partial charge in [-0.1, -0.05) is 115 Å². The van der Waals surface area contributed by atoms with Crippen molar-refractivity contribution in [2.24, 2.45) is 0 Å². The summed E-state index contributed by atoms with van der Waals surface area (Å²) in [5.74, 6) is 0. The maximum absolute atomic E-state index is 12.1. The van der Waals surface area contributed by atoms with Crippen molar-refractivity contribution in [3.8, 4) is 0 Å². The molecule has 0 unspecified atom stereocenters. The van der Waals surface area contributed by atoms with Gasteiger partial charge in [-0.25, -0.2) is 0 Å². The Morgan fingerprint density at radius 1 is 0.552 bits per heavy atom. The Kier molecular flexibility index (Phi) is 5.85. The van der Waals surface area contributed by atoms with Crippen molar-refractivity contribution in [1.82, 2.24) is 5.32 Å². The Morgan fingerprint density at radius 3 is 1.62 bits per heavy atom. The van der Waals surface area contributed by atoms with Gasteiger partial charge >= 0.3 is 0 Å². The van der Waals surface area contributed by atoms with E-state index in [-0.39, 0.29) is 0 Å². The van der Waals surface area contributed by atoms with Gasteiger partial charge in [0, 0.05) is 13.1 Å². The first kappa shape index (κ1) is 19.1. The molecule has 0 atom stereocenters. The Balaban J connectivity index is 1.70. The van der Waals surface area contributed by atoms with E-state index in [1.165, 1.54) is 5.56 Å². The highest BCUT2D eigenvalue weighted by Crippen LogP contribution is 2.38. The van der Waals surface area contributed by atoms with Crippen molar-refractivity contribution in [3.63, 3.8) is 0 Å². The van der Waals surface area contributed by atoms with Crippen molar-refractivity contribution >= 4 is 0 Å². The average molecular weight is 380 g/mol. The Bertz CT molecular complexity index is 990. The molecule has 29 heavy (non-hydrogen) atoms. The maximum atomic E-state index is 12.1. The standard InChI is InChI=1S/C27H25NO/c29-27(24-15-6-2-7-16-24,25-17-8-3-9-18-25)26-19-11-10-14-23(26)21-28-20-22-12-4-1-5-13-22/h1-19,28-29H,20-21H2. The van der Waals surface area contributed by atoms with E-state index < -0.39 is 5.60 Å². The third kappa shape index (κ3) is 4.14. The van der Waals surface area contributed by atoms with Crippen molar-refractivity contribution in [2.75, 3.05) is 0 Å². The molecule has 4 aromatic rings. The molecule has 0 radical (unpaired) electrons. The summed E-state index contributed by atoms with van der Waals surface area (Å²) in [5, 5.41) is 15.6. The third-order valence-electron chi connectivity index (χ3n) is 5.28. The zero-order chi connectivity index (χ0) is 19.9. The summed E-state index contributed by atoms with van der Waals surface area (Å²) < 4.78 is 0. The summed E-state index contributed by atoms with van der Waals surface area (Å²) in [6, 6.07) is 38.3. The molecule has 2 heteroatoms. The van der Waals surface area contributed by atoms with Crippen molar-refractivity contribution in [2.45, 2.75) is 18.7 Å². The number of rotatable bonds is 7. The Labute approximate surface area is 172 Å². The lowest BCUT2D eigenvalue weighted by atomic mass is 9.78. The van der Waals surface area contributed by atoms with Gasteiger partial charge in [-0.15, -0.1) is 0 Å². The van der Waals surface area contributed by atoms with Gasteiger partial charge in [0.2, 0.25) is 0 Å². The second-order valence-electron chi connectivity index (χ2n) is 7.19. The van der Waals surface area contributed by atoms with E-state index in [2.05, 4.69) is 35.6 Å². The lowest BCUT2D eigenvalue weighted by molar-refractivity contribution is 0.124. The first-order chi connectivity index (χ1) is 14.3. The molecule has 0 amide bonds. The molecule has 0 heterocycles. The van der Waals surface area contributed by atoms with Crippen molar-refractivity contribution < 1.29 is 5.11 Å². The van der Waals surface area contributed by atoms with Crippen LogP contribution in [0.1, 0.15) is 27.8 Å². The van der Waals surface area contributed by atoms with Crippen LogP contribution in [0.25, 0.3) is 0 Å². The summed E-state index contributed by atoms with van der Waals surface area (Å²) in [4.78, 5) is 0. The van der Waals surface area contributed by atoms with Gasteiger partial charge < -0.3 is 10.4 Å². The quantitative estimate of drug-likeness (QED) is 0.429. The van der Waals surface area contributed by atoms with E-state index in [9.17, 15) is 5.11 Å². The minimum Gasteiger partial charge on any atom is -0.376 e. The molecule has 2 N–H and O–H groups in total. The lowest BCUT2D eigenvalue weighted by Crippen LogP contribution is -2.31. The summed E-state index contributed by atoms with van der Waals surface area (Å²) in [5.41, 5.74) is 3.74. The molecule has 0 aliphatic heterocycles. The minimum absolute atomic E-state index is 0.674. The summed E-state index contributed by atoms with van der Waals surface area (Å²) in [7, 11) is 0. The first-order valence-electron chi connectivity index (χ1n) is 9.95. The van der Waals surface area contributed by atoms with E-state index >= 15 is 0 Å². The molecular weight excluding hydrogens is 354 g/mol. The van der Waals surface area contributed by atoms with Gasteiger partial charge in [0.1, 0.15) is 5.60 Å². The van der Waals surface area contributed by atoms with Crippen LogP contribution in [0.3, 0.4) is 0 Å². The summed E-state index contributed by atoms with van der Waals surface area (Å²) in [6.07, 6.45) is 0. The van der Waals surface area contributed by atoms with Gasteiger partial charge in [0.25, 0.3) is 0 Å². The number of hydrogen-bond acceptors (Lipinski definition) is 2. The van der Waals surface area contributed by atoms with Crippen LogP contribution < -0.4 is 5.32 Å². The van der Waals surface area contributed by atoms with Crippen LogP contribution in [0.15, 0.2) is 115 Å². The van der Waals surface area contributed by atoms with Crippen LogP contribution in [-0.4, -0.2) is 5.11 Å². The van der Waals surface area contributed by atoms with Gasteiger partial charge in [-0.3, -0.25) is 0 Å². The maximum Gasteiger partial charge on any atom is 0.140 e. The van der Waals surface area contributed by atoms with Gasteiger partial charge in [0.15, 0.2) is 0 Å². The molecule has 0 saturated heterocycles. The molecule has 4 aromatic carbocycles. The zero-order valence-electron chi connectivity index (χ0n) is 16.3. The van der Waals surface area contributed by atoms with Crippen LogP contribution >= 0.6 is 0 Å². The fourth-order valence-electron chi connectivity index (χ4n) is 3.80. The van der Waals surface area contributed by atoms with E-state index in [0.717, 1.165) is 28.8 Å². The molecule has 4 rings (SSSR count). The van der Waals surface area contributed by atoms with Gasteiger partial charge in [-0.05, 0) is 27.8 Å². The SMILES string of the molecule is OC(c1ccccc1)(c1ccccc1)c1ccccc1CNCc1ccccc1. The second-order valence-corrected chi connectivity index (χ2v) is 7.19.